The zero-order chi connectivity index (χ0) is 15.4. The third-order valence-corrected chi connectivity index (χ3v) is 4.27. The number of urea groups is 1. The van der Waals surface area contributed by atoms with Crippen LogP contribution >= 0.6 is 11.8 Å². The number of aromatic nitrogens is 2. The molecule has 0 unspecified atom stereocenters. The van der Waals surface area contributed by atoms with Crippen LogP contribution in [0.5, 0.6) is 0 Å². The van der Waals surface area contributed by atoms with Crippen molar-refractivity contribution in [2.24, 2.45) is 12.8 Å². The molecule has 0 bridgehead atoms. The predicted octanol–water partition coefficient (Wildman–Crippen LogP) is 2.86. The number of hydrogen-bond donors (Lipinski definition) is 2. The summed E-state index contributed by atoms with van der Waals surface area (Å²) < 4.78 is 2.02. The van der Waals surface area contributed by atoms with Gasteiger partial charge in [0.05, 0.1) is 12.2 Å². The van der Waals surface area contributed by atoms with Crippen molar-refractivity contribution in [1.29, 1.82) is 0 Å². The third kappa shape index (κ3) is 3.78. The van der Waals surface area contributed by atoms with E-state index in [1.54, 1.807) is 11.8 Å². The molecule has 0 atom stereocenters. The molecule has 0 aliphatic rings. The summed E-state index contributed by atoms with van der Waals surface area (Å²) in [6, 6.07) is 9.64. The van der Waals surface area contributed by atoms with E-state index in [0.29, 0.717) is 12.5 Å². The van der Waals surface area contributed by atoms with Gasteiger partial charge in [-0.2, -0.15) is 0 Å². The van der Waals surface area contributed by atoms with Gasteiger partial charge in [0.1, 0.15) is 10.9 Å². The summed E-state index contributed by atoms with van der Waals surface area (Å²) in [6.07, 6.45) is 0. The monoisotopic (exact) mass is 304 g/mol. The van der Waals surface area contributed by atoms with E-state index in [1.165, 1.54) is 0 Å². The predicted molar refractivity (Wildman–Crippen MR) is 84.3 cm³/mol. The van der Waals surface area contributed by atoms with Crippen LogP contribution < -0.4 is 11.1 Å². The molecule has 3 N–H and O–H groups in total. The summed E-state index contributed by atoms with van der Waals surface area (Å²) in [5, 5.41) is 3.69. The summed E-state index contributed by atoms with van der Waals surface area (Å²) in [5.74, 6) is 1.11. The number of rotatable bonds is 5. The largest absolute Gasteiger partial charge is 0.352 e. The lowest BCUT2D eigenvalue weighted by Crippen LogP contribution is -2.29. The molecule has 0 saturated carbocycles. The normalized spacial score (nSPS) is 10.9. The summed E-state index contributed by atoms with van der Waals surface area (Å²) >= 11 is 1.68. The molecule has 5 nitrogen and oxygen atoms in total. The van der Waals surface area contributed by atoms with Crippen LogP contribution in [-0.4, -0.2) is 15.6 Å². The number of primary amides is 1. The lowest BCUT2D eigenvalue weighted by molar-refractivity contribution is 0.248. The molecular weight excluding hydrogens is 284 g/mol. The average Bonchev–Trinajstić information content (AvgIpc) is 2.75. The van der Waals surface area contributed by atoms with Gasteiger partial charge in [0.15, 0.2) is 0 Å². The minimum absolute atomic E-state index is 0.310. The second-order valence-corrected chi connectivity index (χ2v) is 6.13. The van der Waals surface area contributed by atoms with Crippen molar-refractivity contribution in [2.75, 3.05) is 0 Å². The van der Waals surface area contributed by atoms with Crippen LogP contribution in [0.3, 0.4) is 0 Å². The highest BCUT2D eigenvalue weighted by Crippen LogP contribution is 2.33. The van der Waals surface area contributed by atoms with Crippen LogP contribution in [0.25, 0.3) is 0 Å². The standard InChI is InChI=1S/C15H20N4OS/c1-10(2)13-14(21-11-7-5-4-6-8-11)19(3)12(18-13)9-17-15(16)20/h4-8,10H,9H2,1-3H3,(H3,16,17,20). The van der Waals surface area contributed by atoms with Crippen LogP contribution in [0.15, 0.2) is 40.3 Å². The first-order chi connectivity index (χ1) is 9.99. The Labute approximate surface area is 128 Å². The minimum Gasteiger partial charge on any atom is -0.352 e. The Morgan fingerprint density at radius 1 is 1.38 bits per heavy atom. The molecular formula is C15H20N4OS. The van der Waals surface area contributed by atoms with Gasteiger partial charge < -0.3 is 15.6 Å². The molecule has 0 fully saturated rings. The lowest BCUT2D eigenvalue weighted by Gasteiger charge is -2.08. The van der Waals surface area contributed by atoms with E-state index in [-0.39, 0.29) is 0 Å². The Hall–Kier alpha value is -1.95. The summed E-state index contributed by atoms with van der Waals surface area (Å²) in [7, 11) is 1.96. The Bertz CT molecular complexity index is 622. The summed E-state index contributed by atoms with van der Waals surface area (Å²) in [6.45, 7) is 4.56. The first-order valence-corrected chi connectivity index (χ1v) is 7.62. The van der Waals surface area contributed by atoms with E-state index in [2.05, 4.69) is 36.3 Å². The molecule has 0 aliphatic heterocycles. The lowest BCUT2D eigenvalue weighted by atomic mass is 10.2. The van der Waals surface area contributed by atoms with E-state index >= 15 is 0 Å². The van der Waals surface area contributed by atoms with Gasteiger partial charge in [-0.05, 0) is 18.1 Å². The van der Waals surface area contributed by atoms with Crippen molar-refractivity contribution >= 4 is 17.8 Å². The van der Waals surface area contributed by atoms with E-state index in [9.17, 15) is 4.79 Å². The molecule has 0 aliphatic carbocycles. The van der Waals surface area contributed by atoms with Crippen LogP contribution in [0.2, 0.25) is 0 Å². The topological polar surface area (TPSA) is 72.9 Å². The number of imidazole rings is 1. The first-order valence-electron chi connectivity index (χ1n) is 6.80. The Morgan fingerprint density at radius 2 is 2.05 bits per heavy atom. The van der Waals surface area contributed by atoms with Gasteiger partial charge in [0.2, 0.25) is 0 Å². The van der Waals surface area contributed by atoms with Gasteiger partial charge in [-0.25, -0.2) is 9.78 Å². The third-order valence-electron chi connectivity index (χ3n) is 3.09. The molecule has 0 radical (unpaired) electrons. The molecule has 2 aromatic rings. The summed E-state index contributed by atoms with van der Waals surface area (Å²) in [5.41, 5.74) is 6.16. The number of nitrogens with two attached hydrogens (primary N) is 1. The molecule has 6 heteroatoms. The maximum atomic E-state index is 10.9. The van der Waals surface area contributed by atoms with Gasteiger partial charge in [0.25, 0.3) is 0 Å². The van der Waals surface area contributed by atoms with Gasteiger partial charge in [0, 0.05) is 11.9 Å². The number of nitrogens with one attached hydrogen (secondary N) is 1. The van der Waals surface area contributed by atoms with Gasteiger partial charge in [-0.15, -0.1) is 0 Å². The van der Waals surface area contributed by atoms with E-state index in [1.807, 2.05) is 29.8 Å². The molecule has 2 amide bonds. The molecule has 0 spiro atoms. The maximum absolute atomic E-state index is 10.9. The Balaban J connectivity index is 2.31. The summed E-state index contributed by atoms with van der Waals surface area (Å²) in [4.78, 5) is 16.7. The maximum Gasteiger partial charge on any atom is 0.312 e. The zero-order valence-electron chi connectivity index (χ0n) is 12.5. The van der Waals surface area contributed by atoms with Crippen LogP contribution in [0, 0.1) is 0 Å². The Kier molecular flexibility index (Phi) is 4.90. The number of nitrogens with zero attached hydrogens (tertiary/aromatic N) is 2. The molecule has 0 saturated heterocycles. The van der Waals surface area contributed by atoms with Crippen molar-refractivity contribution in [3.8, 4) is 0 Å². The highest BCUT2D eigenvalue weighted by atomic mass is 32.2. The zero-order valence-corrected chi connectivity index (χ0v) is 13.3. The van der Waals surface area contributed by atoms with Crippen molar-refractivity contribution < 1.29 is 4.79 Å². The molecule has 1 heterocycles. The fraction of sp³-hybridized carbons (Fsp3) is 0.333. The number of carbonyl (C=O) groups excluding carboxylic acids is 1. The number of carbonyl (C=O) groups is 1. The van der Waals surface area contributed by atoms with E-state index < -0.39 is 6.03 Å². The average molecular weight is 304 g/mol. The molecule has 21 heavy (non-hydrogen) atoms. The fourth-order valence-corrected chi connectivity index (χ4v) is 3.12. The first kappa shape index (κ1) is 15.4. The smallest absolute Gasteiger partial charge is 0.312 e. The number of amides is 2. The second-order valence-electron chi connectivity index (χ2n) is 5.07. The van der Waals surface area contributed by atoms with E-state index in [0.717, 1.165) is 21.4 Å². The second kappa shape index (κ2) is 6.67. The fourth-order valence-electron chi connectivity index (χ4n) is 1.97. The highest BCUT2D eigenvalue weighted by molar-refractivity contribution is 7.99. The number of benzene rings is 1. The van der Waals surface area contributed by atoms with Gasteiger partial charge in [-0.3, -0.25) is 0 Å². The quantitative estimate of drug-likeness (QED) is 0.892. The van der Waals surface area contributed by atoms with Crippen molar-refractivity contribution in [3.05, 3.63) is 41.9 Å². The SMILES string of the molecule is CC(C)c1nc(CNC(N)=O)n(C)c1Sc1ccccc1. The number of hydrogen-bond acceptors (Lipinski definition) is 3. The van der Waals surface area contributed by atoms with Crippen molar-refractivity contribution in [1.82, 2.24) is 14.9 Å². The molecule has 112 valence electrons. The Morgan fingerprint density at radius 3 is 2.62 bits per heavy atom. The van der Waals surface area contributed by atoms with Crippen molar-refractivity contribution in [3.63, 3.8) is 0 Å². The van der Waals surface area contributed by atoms with Gasteiger partial charge >= 0.3 is 6.03 Å². The van der Waals surface area contributed by atoms with Gasteiger partial charge in [-0.1, -0.05) is 43.8 Å². The molecule has 1 aromatic heterocycles. The molecule has 2 rings (SSSR count). The minimum atomic E-state index is -0.540. The highest BCUT2D eigenvalue weighted by Gasteiger charge is 2.18. The van der Waals surface area contributed by atoms with Crippen LogP contribution in [-0.2, 0) is 13.6 Å². The molecule has 1 aromatic carbocycles. The van der Waals surface area contributed by atoms with Crippen molar-refractivity contribution in [2.45, 2.75) is 36.2 Å². The van der Waals surface area contributed by atoms with E-state index in [4.69, 9.17) is 5.73 Å². The van der Waals surface area contributed by atoms with Crippen LogP contribution in [0.4, 0.5) is 4.79 Å². The van der Waals surface area contributed by atoms with Crippen LogP contribution in [0.1, 0.15) is 31.3 Å².